The fraction of sp³-hybridized carbons (Fsp3) is 0.417. The van der Waals surface area contributed by atoms with Gasteiger partial charge in [0.25, 0.3) is 5.91 Å². The molecule has 1 N–H and O–H groups in total. The summed E-state index contributed by atoms with van der Waals surface area (Å²) in [5.41, 5.74) is -0.257. The first kappa shape index (κ1) is 12.6. The van der Waals surface area contributed by atoms with Crippen LogP contribution in [0.4, 0.5) is 8.78 Å². The molecule has 4 heteroatoms. The van der Waals surface area contributed by atoms with Crippen molar-refractivity contribution >= 4 is 5.91 Å². The summed E-state index contributed by atoms with van der Waals surface area (Å²) in [6, 6.07) is 2.75. The van der Waals surface area contributed by atoms with Crippen molar-refractivity contribution < 1.29 is 13.6 Å². The molecule has 0 spiro atoms. The maximum Gasteiger partial charge on any atom is 0.254 e. The molecule has 1 rings (SSSR count). The molecule has 88 valence electrons. The molecular formula is C12H15F2NO. The molecule has 1 unspecified atom stereocenters. The van der Waals surface area contributed by atoms with Crippen LogP contribution in [0.3, 0.4) is 0 Å². The van der Waals surface area contributed by atoms with Gasteiger partial charge in [0.1, 0.15) is 11.6 Å². The minimum atomic E-state index is -0.713. The Morgan fingerprint density at radius 3 is 2.44 bits per heavy atom. The Kier molecular flexibility index (Phi) is 3.99. The van der Waals surface area contributed by atoms with Gasteiger partial charge in [0.2, 0.25) is 0 Å². The minimum absolute atomic E-state index is 0.0878. The van der Waals surface area contributed by atoms with E-state index in [1.807, 2.05) is 20.8 Å². The van der Waals surface area contributed by atoms with Gasteiger partial charge in [-0.3, -0.25) is 4.79 Å². The minimum Gasteiger partial charge on any atom is -0.349 e. The van der Waals surface area contributed by atoms with E-state index >= 15 is 0 Å². The molecule has 0 aromatic heterocycles. The Bertz CT molecular complexity index is 391. The number of hydrogen-bond donors (Lipinski definition) is 1. The van der Waals surface area contributed by atoms with E-state index in [1.54, 1.807) is 0 Å². The van der Waals surface area contributed by atoms with Crippen LogP contribution >= 0.6 is 0 Å². The summed E-state index contributed by atoms with van der Waals surface area (Å²) in [7, 11) is 0. The van der Waals surface area contributed by atoms with E-state index in [0.29, 0.717) is 0 Å². The second-order valence-corrected chi connectivity index (χ2v) is 4.13. The maximum atomic E-state index is 13.2. The van der Waals surface area contributed by atoms with Gasteiger partial charge in [-0.1, -0.05) is 13.8 Å². The number of hydrogen-bond acceptors (Lipinski definition) is 1. The van der Waals surface area contributed by atoms with Gasteiger partial charge in [-0.25, -0.2) is 8.78 Å². The predicted molar refractivity (Wildman–Crippen MR) is 58.1 cm³/mol. The third-order valence-corrected chi connectivity index (χ3v) is 2.53. The molecule has 0 aliphatic rings. The first-order valence-electron chi connectivity index (χ1n) is 5.17. The molecule has 1 atom stereocenters. The summed E-state index contributed by atoms with van der Waals surface area (Å²) < 4.78 is 26.1. The SMILES string of the molecule is CC(C)C(C)NC(=O)c1cc(F)ccc1F. The van der Waals surface area contributed by atoms with E-state index in [1.165, 1.54) is 0 Å². The van der Waals surface area contributed by atoms with Crippen LogP contribution in [0.2, 0.25) is 0 Å². The molecule has 0 radical (unpaired) electrons. The second kappa shape index (κ2) is 5.05. The topological polar surface area (TPSA) is 29.1 Å². The Balaban J connectivity index is 2.84. The molecule has 0 fully saturated rings. The smallest absolute Gasteiger partial charge is 0.254 e. The highest BCUT2D eigenvalue weighted by atomic mass is 19.1. The highest BCUT2D eigenvalue weighted by Crippen LogP contribution is 2.10. The van der Waals surface area contributed by atoms with E-state index in [4.69, 9.17) is 0 Å². The number of amides is 1. The number of halogens is 2. The van der Waals surface area contributed by atoms with Crippen LogP contribution in [0.1, 0.15) is 31.1 Å². The highest BCUT2D eigenvalue weighted by molar-refractivity contribution is 5.94. The van der Waals surface area contributed by atoms with Crippen LogP contribution < -0.4 is 5.32 Å². The summed E-state index contributed by atoms with van der Waals surface area (Å²) in [5, 5.41) is 2.62. The fourth-order valence-corrected chi connectivity index (χ4v) is 1.12. The summed E-state index contributed by atoms with van der Waals surface area (Å²) in [6.45, 7) is 5.69. The molecule has 16 heavy (non-hydrogen) atoms. The fourth-order valence-electron chi connectivity index (χ4n) is 1.12. The van der Waals surface area contributed by atoms with Crippen LogP contribution in [0, 0.1) is 17.6 Å². The molecule has 0 heterocycles. The van der Waals surface area contributed by atoms with Crippen molar-refractivity contribution in [3.63, 3.8) is 0 Å². The second-order valence-electron chi connectivity index (χ2n) is 4.13. The van der Waals surface area contributed by atoms with E-state index in [-0.39, 0.29) is 17.5 Å². The van der Waals surface area contributed by atoms with Gasteiger partial charge < -0.3 is 5.32 Å². The zero-order valence-corrected chi connectivity index (χ0v) is 9.55. The van der Waals surface area contributed by atoms with Crippen molar-refractivity contribution in [3.8, 4) is 0 Å². The van der Waals surface area contributed by atoms with Crippen LogP contribution in [0.15, 0.2) is 18.2 Å². The summed E-state index contributed by atoms with van der Waals surface area (Å²) >= 11 is 0. The van der Waals surface area contributed by atoms with Crippen LogP contribution in [0.5, 0.6) is 0 Å². The van der Waals surface area contributed by atoms with Gasteiger partial charge in [0.05, 0.1) is 5.56 Å². The monoisotopic (exact) mass is 227 g/mol. The van der Waals surface area contributed by atoms with Gasteiger partial charge in [-0.05, 0) is 31.0 Å². The molecule has 1 amide bonds. The molecule has 1 aromatic rings. The molecule has 0 aliphatic heterocycles. The predicted octanol–water partition coefficient (Wildman–Crippen LogP) is 2.74. The van der Waals surface area contributed by atoms with Crippen molar-refractivity contribution in [2.75, 3.05) is 0 Å². The van der Waals surface area contributed by atoms with Crippen LogP contribution in [0.25, 0.3) is 0 Å². The third kappa shape index (κ3) is 3.02. The lowest BCUT2D eigenvalue weighted by atomic mass is 10.1. The average Bonchev–Trinajstić information content (AvgIpc) is 2.21. The third-order valence-electron chi connectivity index (χ3n) is 2.53. The molecule has 0 aliphatic carbocycles. The molecule has 0 saturated heterocycles. The standard InChI is InChI=1S/C12H15F2NO/c1-7(2)8(3)15-12(16)10-6-9(13)4-5-11(10)14/h4-8H,1-3H3,(H,15,16). The molecular weight excluding hydrogens is 212 g/mol. The first-order valence-corrected chi connectivity index (χ1v) is 5.17. The molecule has 2 nitrogen and oxygen atoms in total. The zero-order valence-electron chi connectivity index (χ0n) is 9.55. The highest BCUT2D eigenvalue weighted by Gasteiger charge is 2.16. The van der Waals surface area contributed by atoms with Gasteiger partial charge in [0.15, 0.2) is 0 Å². The van der Waals surface area contributed by atoms with Gasteiger partial charge >= 0.3 is 0 Å². The summed E-state index contributed by atoms with van der Waals surface area (Å²) in [5.74, 6) is -1.68. The van der Waals surface area contributed by atoms with E-state index < -0.39 is 17.5 Å². The zero-order chi connectivity index (χ0) is 12.3. The summed E-state index contributed by atoms with van der Waals surface area (Å²) in [4.78, 5) is 11.6. The number of carbonyl (C=O) groups excluding carboxylic acids is 1. The molecule has 0 saturated carbocycles. The van der Waals surface area contributed by atoms with Crippen molar-refractivity contribution in [2.24, 2.45) is 5.92 Å². The summed E-state index contributed by atoms with van der Waals surface area (Å²) in [6.07, 6.45) is 0. The van der Waals surface area contributed by atoms with E-state index in [0.717, 1.165) is 18.2 Å². The van der Waals surface area contributed by atoms with Crippen molar-refractivity contribution in [1.82, 2.24) is 5.32 Å². The average molecular weight is 227 g/mol. The Labute approximate surface area is 93.7 Å². The largest absolute Gasteiger partial charge is 0.349 e. The molecule has 0 bridgehead atoms. The van der Waals surface area contributed by atoms with Gasteiger partial charge in [0, 0.05) is 6.04 Å². The Morgan fingerprint density at radius 2 is 1.88 bits per heavy atom. The quantitative estimate of drug-likeness (QED) is 0.845. The van der Waals surface area contributed by atoms with Gasteiger partial charge in [-0.2, -0.15) is 0 Å². The number of rotatable bonds is 3. The lowest BCUT2D eigenvalue weighted by Gasteiger charge is -2.17. The van der Waals surface area contributed by atoms with Crippen molar-refractivity contribution in [3.05, 3.63) is 35.4 Å². The number of carbonyl (C=O) groups is 1. The van der Waals surface area contributed by atoms with Gasteiger partial charge in [-0.15, -0.1) is 0 Å². The Hall–Kier alpha value is -1.45. The normalized spacial score (nSPS) is 12.6. The number of benzene rings is 1. The van der Waals surface area contributed by atoms with Crippen molar-refractivity contribution in [1.29, 1.82) is 0 Å². The first-order chi connectivity index (χ1) is 7.41. The maximum absolute atomic E-state index is 13.2. The number of nitrogens with one attached hydrogen (secondary N) is 1. The van der Waals surface area contributed by atoms with Crippen LogP contribution in [-0.4, -0.2) is 11.9 Å². The molecule has 1 aromatic carbocycles. The van der Waals surface area contributed by atoms with Crippen molar-refractivity contribution in [2.45, 2.75) is 26.8 Å². The lowest BCUT2D eigenvalue weighted by molar-refractivity contribution is 0.0926. The van der Waals surface area contributed by atoms with E-state index in [9.17, 15) is 13.6 Å². The Morgan fingerprint density at radius 1 is 1.25 bits per heavy atom. The van der Waals surface area contributed by atoms with E-state index in [2.05, 4.69) is 5.32 Å². The lowest BCUT2D eigenvalue weighted by Crippen LogP contribution is -2.36. The van der Waals surface area contributed by atoms with Crippen LogP contribution in [-0.2, 0) is 0 Å².